The number of nitrogens with zero attached hydrogens (tertiary/aromatic N) is 7. The van der Waals surface area contributed by atoms with Gasteiger partial charge in [-0.2, -0.15) is 5.10 Å². The van der Waals surface area contributed by atoms with E-state index >= 15 is 0 Å². The minimum Gasteiger partial charge on any atom is -0.365 e. The standard InChI is InChI=1S/C14H18N8/c1-8-16-13(11-6-15-21(3)14(11)17-8)18-10-4-5-12-20-19-9(2)22(12)7-10/h6,10H,4-5,7H2,1-3H3,(H,16,17,18). The maximum atomic E-state index is 4.56. The van der Waals surface area contributed by atoms with Crippen molar-refractivity contribution >= 4 is 16.9 Å². The third-order valence-corrected chi connectivity index (χ3v) is 4.18. The molecule has 1 unspecified atom stereocenters. The summed E-state index contributed by atoms with van der Waals surface area (Å²) >= 11 is 0. The molecule has 1 aliphatic heterocycles. The number of aryl methyl sites for hydroxylation is 4. The van der Waals surface area contributed by atoms with E-state index in [0.717, 1.165) is 53.7 Å². The second-order valence-corrected chi connectivity index (χ2v) is 5.78. The van der Waals surface area contributed by atoms with Gasteiger partial charge in [0.25, 0.3) is 0 Å². The second-order valence-electron chi connectivity index (χ2n) is 5.78. The third-order valence-electron chi connectivity index (χ3n) is 4.18. The third kappa shape index (κ3) is 2.02. The average molecular weight is 298 g/mol. The molecule has 4 heterocycles. The highest BCUT2D eigenvalue weighted by atomic mass is 15.3. The van der Waals surface area contributed by atoms with Crippen molar-refractivity contribution in [3.63, 3.8) is 0 Å². The van der Waals surface area contributed by atoms with Crippen LogP contribution in [-0.2, 0) is 20.0 Å². The van der Waals surface area contributed by atoms with Gasteiger partial charge in [-0.15, -0.1) is 10.2 Å². The fourth-order valence-electron chi connectivity index (χ4n) is 3.01. The van der Waals surface area contributed by atoms with Gasteiger partial charge in [-0.1, -0.05) is 0 Å². The van der Waals surface area contributed by atoms with E-state index in [2.05, 4.69) is 35.1 Å². The fraction of sp³-hybridized carbons (Fsp3) is 0.500. The Morgan fingerprint density at radius 2 is 2.09 bits per heavy atom. The lowest BCUT2D eigenvalue weighted by molar-refractivity contribution is 0.469. The number of aromatic nitrogens is 7. The first-order chi connectivity index (χ1) is 10.6. The van der Waals surface area contributed by atoms with E-state index in [1.165, 1.54) is 0 Å². The van der Waals surface area contributed by atoms with E-state index in [9.17, 15) is 0 Å². The van der Waals surface area contributed by atoms with Crippen molar-refractivity contribution in [3.05, 3.63) is 23.7 Å². The molecule has 8 nitrogen and oxygen atoms in total. The molecule has 4 rings (SSSR count). The first-order valence-electron chi connectivity index (χ1n) is 7.43. The van der Waals surface area contributed by atoms with E-state index in [-0.39, 0.29) is 0 Å². The lowest BCUT2D eigenvalue weighted by Crippen LogP contribution is -2.32. The highest BCUT2D eigenvalue weighted by molar-refractivity contribution is 5.86. The van der Waals surface area contributed by atoms with Crippen molar-refractivity contribution in [1.82, 2.24) is 34.5 Å². The van der Waals surface area contributed by atoms with E-state index in [0.29, 0.717) is 6.04 Å². The van der Waals surface area contributed by atoms with Gasteiger partial charge in [-0.25, -0.2) is 9.97 Å². The summed E-state index contributed by atoms with van der Waals surface area (Å²) in [6.45, 7) is 4.76. The lowest BCUT2D eigenvalue weighted by Gasteiger charge is -2.25. The number of anilines is 1. The molecule has 1 N–H and O–H groups in total. The molecule has 22 heavy (non-hydrogen) atoms. The zero-order valence-electron chi connectivity index (χ0n) is 12.9. The Morgan fingerprint density at radius 1 is 1.23 bits per heavy atom. The molecular weight excluding hydrogens is 280 g/mol. The summed E-state index contributed by atoms with van der Waals surface area (Å²) < 4.78 is 3.95. The molecule has 0 amide bonds. The van der Waals surface area contributed by atoms with Crippen molar-refractivity contribution in [1.29, 1.82) is 0 Å². The van der Waals surface area contributed by atoms with Crippen molar-refractivity contribution in [2.75, 3.05) is 5.32 Å². The van der Waals surface area contributed by atoms with Crippen molar-refractivity contribution < 1.29 is 0 Å². The monoisotopic (exact) mass is 298 g/mol. The fourth-order valence-corrected chi connectivity index (χ4v) is 3.01. The van der Waals surface area contributed by atoms with Gasteiger partial charge in [0.05, 0.1) is 11.6 Å². The summed E-state index contributed by atoms with van der Waals surface area (Å²) in [4.78, 5) is 9.01. The molecule has 0 radical (unpaired) electrons. The molecule has 3 aromatic heterocycles. The van der Waals surface area contributed by atoms with Gasteiger partial charge in [0, 0.05) is 26.1 Å². The van der Waals surface area contributed by atoms with Crippen molar-refractivity contribution in [2.45, 2.75) is 39.3 Å². The maximum Gasteiger partial charge on any atom is 0.163 e. The highest BCUT2D eigenvalue weighted by Gasteiger charge is 2.22. The Balaban J connectivity index is 1.66. The highest BCUT2D eigenvalue weighted by Crippen LogP contribution is 2.23. The minimum atomic E-state index is 0.305. The van der Waals surface area contributed by atoms with Gasteiger partial charge >= 0.3 is 0 Å². The van der Waals surface area contributed by atoms with Crippen LogP contribution in [0.1, 0.15) is 23.9 Å². The SMILES string of the molecule is Cc1nc(NC2CCc3nnc(C)n3C2)c2cnn(C)c2n1. The van der Waals surface area contributed by atoms with Crippen LogP contribution in [0.2, 0.25) is 0 Å². The zero-order chi connectivity index (χ0) is 15.3. The molecule has 3 aromatic rings. The second kappa shape index (κ2) is 4.75. The zero-order valence-corrected chi connectivity index (χ0v) is 12.9. The molecule has 0 saturated heterocycles. The Hall–Kier alpha value is -2.51. The number of fused-ring (bicyclic) bond motifs is 2. The van der Waals surface area contributed by atoms with Crippen LogP contribution < -0.4 is 5.32 Å². The summed E-state index contributed by atoms with van der Waals surface area (Å²) in [6, 6.07) is 0.305. The van der Waals surface area contributed by atoms with Crippen LogP contribution in [0, 0.1) is 13.8 Å². The predicted octanol–water partition coefficient (Wildman–Crippen LogP) is 0.999. The van der Waals surface area contributed by atoms with E-state index in [1.54, 1.807) is 4.68 Å². The van der Waals surface area contributed by atoms with Gasteiger partial charge in [-0.3, -0.25) is 4.68 Å². The lowest BCUT2D eigenvalue weighted by atomic mass is 10.1. The van der Waals surface area contributed by atoms with Crippen LogP contribution in [0.25, 0.3) is 11.0 Å². The Labute approximate surface area is 127 Å². The topological polar surface area (TPSA) is 86.3 Å². The smallest absolute Gasteiger partial charge is 0.163 e. The molecule has 0 aliphatic carbocycles. The van der Waals surface area contributed by atoms with Crippen LogP contribution in [0.5, 0.6) is 0 Å². The van der Waals surface area contributed by atoms with Gasteiger partial charge in [0.1, 0.15) is 23.3 Å². The first-order valence-corrected chi connectivity index (χ1v) is 7.43. The van der Waals surface area contributed by atoms with E-state index < -0.39 is 0 Å². The van der Waals surface area contributed by atoms with Crippen molar-refractivity contribution in [3.8, 4) is 0 Å². The van der Waals surface area contributed by atoms with Crippen LogP contribution in [0.3, 0.4) is 0 Å². The van der Waals surface area contributed by atoms with Gasteiger partial charge < -0.3 is 9.88 Å². The number of rotatable bonds is 2. The normalized spacial score (nSPS) is 17.7. The molecule has 1 atom stereocenters. The van der Waals surface area contributed by atoms with Crippen LogP contribution in [0.4, 0.5) is 5.82 Å². The van der Waals surface area contributed by atoms with Gasteiger partial charge in [0.15, 0.2) is 5.65 Å². The summed E-state index contributed by atoms with van der Waals surface area (Å²) in [5, 5.41) is 17.2. The Kier molecular flexibility index (Phi) is 2.85. The largest absolute Gasteiger partial charge is 0.365 e. The van der Waals surface area contributed by atoms with Crippen LogP contribution in [-0.4, -0.2) is 40.6 Å². The van der Waals surface area contributed by atoms with Crippen molar-refractivity contribution in [2.24, 2.45) is 7.05 Å². The molecule has 0 spiro atoms. The maximum absolute atomic E-state index is 4.56. The predicted molar refractivity (Wildman–Crippen MR) is 81.5 cm³/mol. The molecule has 0 aromatic carbocycles. The average Bonchev–Trinajstić information content (AvgIpc) is 3.04. The molecule has 0 fully saturated rings. The molecule has 114 valence electrons. The molecule has 0 bridgehead atoms. The van der Waals surface area contributed by atoms with Gasteiger partial charge in [0.2, 0.25) is 0 Å². The first kappa shape index (κ1) is 13.2. The number of hydrogen-bond donors (Lipinski definition) is 1. The minimum absolute atomic E-state index is 0.305. The molecule has 8 heteroatoms. The number of hydrogen-bond acceptors (Lipinski definition) is 6. The Bertz CT molecular complexity index is 846. The van der Waals surface area contributed by atoms with Gasteiger partial charge in [-0.05, 0) is 20.3 Å². The van der Waals surface area contributed by atoms with Crippen LogP contribution >= 0.6 is 0 Å². The molecule has 0 saturated carbocycles. The quantitative estimate of drug-likeness (QED) is 0.759. The summed E-state index contributed by atoms with van der Waals surface area (Å²) in [5.74, 6) is 3.64. The Morgan fingerprint density at radius 3 is 2.95 bits per heavy atom. The summed E-state index contributed by atoms with van der Waals surface area (Å²) in [7, 11) is 1.89. The molecular formula is C14H18N8. The van der Waals surface area contributed by atoms with E-state index in [4.69, 9.17) is 0 Å². The van der Waals surface area contributed by atoms with Crippen LogP contribution in [0.15, 0.2) is 6.20 Å². The summed E-state index contributed by atoms with van der Waals surface area (Å²) in [6.07, 6.45) is 3.76. The molecule has 1 aliphatic rings. The van der Waals surface area contributed by atoms with E-state index in [1.807, 2.05) is 27.1 Å². The number of nitrogens with one attached hydrogen (secondary N) is 1. The summed E-state index contributed by atoms with van der Waals surface area (Å²) in [5.41, 5.74) is 0.854.